The number of ketones is 1. The smallest absolute Gasteiger partial charge is 0.325 e. The van der Waals surface area contributed by atoms with Crippen LogP contribution >= 0.6 is 11.3 Å². The highest BCUT2D eigenvalue weighted by Gasteiger charge is 2.47. The Morgan fingerprint density at radius 2 is 1.81 bits per heavy atom. The molecule has 0 saturated carbocycles. The highest BCUT2D eigenvalue weighted by molar-refractivity contribution is 7.14. The number of anilines is 1. The first-order chi connectivity index (χ1) is 17.8. The van der Waals surface area contributed by atoms with Crippen molar-refractivity contribution in [2.75, 3.05) is 26.1 Å². The lowest BCUT2D eigenvalue weighted by Gasteiger charge is -2.29. The van der Waals surface area contributed by atoms with E-state index in [0.29, 0.717) is 11.3 Å². The van der Waals surface area contributed by atoms with Crippen molar-refractivity contribution >= 4 is 40.1 Å². The molecule has 4 rings (SSSR count). The third-order valence-electron chi connectivity index (χ3n) is 6.06. The average molecular weight is 523 g/mol. The van der Waals surface area contributed by atoms with Gasteiger partial charge in [0.15, 0.2) is 5.13 Å². The lowest BCUT2D eigenvalue weighted by atomic mass is 9.91. The summed E-state index contributed by atoms with van der Waals surface area (Å²) in [6.45, 7) is 1.64. The Kier molecular flexibility index (Phi) is 7.95. The minimum Gasteiger partial charge on any atom is -0.497 e. The lowest BCUT2D eigenvalue weighted by molar-refractivity contribution is -0.134. The molecular weight excluding hydrogens is 496 g/mol. The summed E-state index contributed by atoms with van der Waals surface area (Å²) in [6, 6.07) is 13.1. The fraction of sp³-hybridized carbons (Fsp3) is 0.269. The summed E-state index contributed by atoms with van der Waals surface area (Å²) in [7, 11) is 2.94. The Hall–Kier alpha value is -4.09. The molecule has 0 bridgehead atoms. The van der Waals surface area contributed by atoms with E-state index in [9.17, 15) is 19.2 Å². The summed E-state index contributed by atoms with van der Waals surface area (Å²) in [5.74, 6) is -1.41. The number of methoxy groups -OCH3 is 2. The predicted octanol–water partition coefficient (Wildman–Crippen LogP) is 3.38. The second kappa shape index (κ2) is 11.3. The average Bonchev–Trinajstić information content (AvgIpc) is 3.49. The largest absolute Gasteiger partial charge is 0.497 e. The monoisotopic (exact) mass is 522 g/mol. The van der Waals surface area contributed by atoms with E-state index in [1.165, 1.54) is 19.6 Å². The first kappa shape index (κ1) is 26.0. The minimum absolute atomic E-state index is 0.139. The third kappa shape index (κ3) is 5.52. The van der Waals surface area contributed by atoms with Crippen molar-refractivity contribution < 1.29 is 28.7 Å². The molecule has 0 radical (unpaired) electrons. The maximum absolute atomic E-state index is 13.6. The Balaban J connectivity index is 1.63. The van der Waals surface area contributed by atoms with Crippen LogP contribution in [0.4, 0.5) is 9.93 Å². The van der Waals surface area contributed by atoms with Crippen LogP contribution in [0.5, 0.6) is 5.75 Å². The van der Waals surface area contributed by atoms with E-state index in [-0.39, 0.29) is 23.2 Å². The van der Waals surface area contributed by atoms with Crippen molar-refractivity contribution in [3.8, 4) is 5.75 Å². The number of imide groups is 1. The summed E-state index contributed by atoms with van der Waals surface area (Å²) < 4.78 is 10.0. The topological polar surface area (TPSA) is 127 Å². The van der Waals surface area contributed by atoms with Crippen molar-refractivity contribution in [3.05, 3.63) is 76.8 Å². The van der Waals surface area contributed by atoms with Crippen LogP contribution in [-0.2, 0) is 14.3 Å². The Bertz CT molecular complexity index is 1290. The highest BCUT2D eigenvalue weighted by atomic mass is 32.1. The van der Waals surface area contributed by atoms with Gasteiger partial charge in [0.2, 0.25) is 11.7 Å². The van der Waals surface area contributed by atoms with Gasteiger partial charge >= 0.3 is 6.03 Å². The molecule has 10 nitrogen and oxygen atoms in total. The zero-order chi connectivity index (χ0) is 26.5. The van der Waals surface area contributed by atoms with Gasteiger partial charge in [-0.25, -0.2) is 14.7 Å². The number of carbonyl (C=O) groups excluding carboxylic acids is 4. The number of benzene rings is 2. The molecule has 4 amide bonds. The standard InChI is InChI=1S/C26H26N4O6S/c1-15(16-7-5-4-6-8-16)22(23(32)29-25-27-19(14-37-25)20(31)13-35-2)30-24(33)21(28-26(30)34)17-9-11-18(36-3)12-10-17/h4-12,14-15,21-22H,13H2,1-3H3,(H,28,34)(H,27,29,32)/t15-,21+,22?/m0/s1. The van der Waals surface area contributed by atoms with Gasteiger partial charge in [0.25, 0.3) is 5.91 Å². The maximum atomic E-state index is 13.6. The molecule has 11 heteroatoms. The van der Waals surface area contributed by atoms with Crippen LogP contribution in [0.15, 0.2) is 60.0 Å². The summed E-state index contributed by atoms with van der Waals surface area (Å²) >= 11 is 1.07. The first-order valence-electron chi connectivity index (χ1n) is 11.4. The van der Waals surface area contributed by atoms with Gasteiger partial charge in [-0.15, -0.1) is 11.3 Å². The summed E-state index contributed by atoms with van der Waals surface area (Å²) in [5.41, 5.74) is 1.49. The zero-order valence-corrected chi connectivity index (χ0v) is 21.3. The molecule has 1 unspecified atom stereocenters. The van der Waals surface area contributed by atoms with Gasteiger partial charge in [0, 0.05) is 18.4 Å². The number of nitrogens with one attached hydrogen (secondary N) is 2. The van der Waals surface area contributed by atoms with E-state index < -0.39 is 35.8 Å². The fourth-order valence-corrected chi connectivity index (χ4v) is 4.85. The normalized spacial score (nSPS) is 16.7. The summed E-state index contributed by atoms with van der Waals surface area (Å²) in [6.07, 6.45) is 0. The number of hydrogen-bond acceptors (Lipinski definition) is 8. The predicted molar refractivity (Wildman–Crippen MR) is 137 cm³/mol. The molecule has 1 aliphatic heterocycles. The minimum atomic E-state index is -1.18. The molecular formula is C26H26N4O6S. The molecule has 2 N–H and O–H groups in total. The SMILES string of the molecule is COCC(=O)c1csc(NC(=O)C([C@@H](C)c2ccccc2)N2C(=O)N[C@H](c3ccc(OC)cc3)C2=O)n1. The molecule has 2 heterocycles. The molecule has 3 atom stereocenters. The Labute approximate surface area is 217 Å². The molecule has 1 fully saturated rings. The van der Waals surface area contributed by atoms with Crippen LogP contribution in [0.25, 0.3) is 0 Å². The number of nitrogens with zero attached hydrogens (tertiary/aromatic N) is 2. The van der Waals surface area contributed by atoms with Crippen molar-refractivity contribution in [3.63, 3.8) is 0 Å². The molecule has 2 aromatic carbocycles. The molecule has 1 aliphatic rings. The number of urea groups is 1. The number of thiazole rings is 1. The number of amides is 4. The van der Waals surface area contributed by atoms with Crippen molar-refractivity contribution in [2.45, 2.75) is 24.9 Å². The van der Waals surface area contributed by atoms with E-state index in [0.717, 1.165) is 21.8 Å². The number of Topliss-reactive ketones (excluding diaryl/α,β-unsaturated/α-hetero) is 1. The van der Waals surface area contributed by atoms with Gasteiger partial charge < -0.3 is 20.1 Å². The van der Waals surface area contributed by atoms with E-state index in [2.05, 4.69) is 15.6 Å². The van der Waals surface area contributed by atoms with Gasteiger partial charge in [0.05, 0.1) is 7.11 Å². The molecule has 3 aromatic rings. The number of ether oxygens (including phenoxy) is 2. The molecule has 192 valence electrons. The van der Waals surface area contributed by atoms with E-state index >= 15 is 0 Å². The second-order valence-electron chi connectivity index (χ2n) is 8.39. The van der Waals surface area contributed by atoms with E-state index in [1.807, 2.05) is 30.3 Å². The van der Waals surface area contributed by atoms with E-state index in [4.69, 9.17) is 9.47 Å². The zero-order valence-electron chi connectivity index (χ0n) is 20.5. The quantitative estimate of drug-likeness (QED) is 0.309. The number of aromatic nitrogens is 1. The highest BCUT2D eigenvalue weighted by Crippen LogP contribution is 2.31. The summed E-state index contributed by atoms with van der Waals surface area (Å²) in [4.78, 5) is 57.4. The van der Waals surface area contributed by atoms with Crippen molar-refractivity contribution in [2.24, 2.45) is 0 Å². The molecule has 0 aliphatic carbocycles. The van der Waals surface area contributed by atoms with Gasteiger partial charge in [-0.3, -0.25) is 14.4 Å². The third-order valence-corrected chi connectivity index (χ3v) is 6.82. The van der Waals surface area contributed by atoms with Gasteiger partial charge in [-0.1, -0.05) is 49.4 Å². The Morgan fingerprint density at radius 1 is 1.11 bits per heavy atom. The fourth-order valence-electron chi connectivity index (χ4n) is 4.13. The van der Waals surface area contributed by atoms with Crippen LogP contribution in [0.3, 0.4) is 0 Å². The number of rotatable bonds is 10. The van der Waals surface area contributed by atoms with Crippen LogP contribution in [0, 0.1) is 0 Å². The van der Waals surface area contributed by atoms with Crippen LogP contribution in [-0.4, -0.2) is 60.4 Å². The van der Waals surface area contributed by atoms with Gasteiger partial charge in [-0.05, 0) is 23.3 Å². The number of hydrogen-bond donors (Lipinski definition) is 2. The van der Waals surface area contributed by atoms with Crippen LogP contribution in [0.2, 0.25) is 0 Å². The molecule has 1 saturated heterocycles. The first-order valence-corrected chi connectivity index (χ1v) is 12.3. The molecule has 37 heavy (non-hydrogen) atoms. The van der Waals surface area contributed by atoms with Gasteiger partial charge in [-0.2, -0.15) is 0 Å². The Morgan fingerprint density at radius 3 is 2.46 bits per heavy atom. The lowest BCUT2D eigenvalue weighted by Crippen LogP contribution is -2.50. The molecule has 0 spiro atoms. The maximum Gasteiger partial charge on any atom is 0.325 e. The van der Waals surface area contributed by atoms with Crippen LogP contribution < -0.4 is 15.4 Å². The van der Waals surface area contributed by atoms with Gasteiger partial charge in [0.1, 0.15) is 30.1 Å². The van der Waals surface area contributed by atoms with Crippen LogP contribution in [0.1, 0.15) is 40.5 Å². The second-order valence-corrected chi connectivity index (χ2v) is 9.25. The van der Waals surface area contributed by atoms with Crippen molar-refractivity contribution in [1.29, 1.82) is 0 Å². The van der Waals surface area contributed by atoms with Crippen molar-refractivity contribution in [1.82, 2.24) is 15.2 Å². The summed E-state index contributed by atoms with van der Waals surface area (Å²) in [5, 5.41) is 7.06. The molecule has 1 aromatic heterocycles. The number of carbonyl (C=O) groups is 4. The van der Waals surface area contributed by atoms with E-state index in [1.54, 1.807) is 31.2 Å².